The molecule has 0 radical (unpaired) electrons. The van der Waals surface area contributed by atoms with E-state index in [9.17, 15) is 0 Å². The second-order valence-corrected chi connectivity index (χ2v) is 3.72. The molecular formula is C11H16N6. The van der Waals surface area contributed by atoms with E-state index in [1.54, 1.807) is 10.9 Å². The highest BCUT2D eigenvalue weighted by Gasteiger charge is 1.97. The van der Waals surface area contributed by atoms with Crippen LogP contribution in [0.2, 0.25) is 0 Å². The van der Waals surface area contributed by atoms with Crippen LogP contribution in [0.1, 0.15) is 17.8 Å². The molecule has 6 heteroatoms. The van der Waals surface area contributed by atoms with Crippen LogP contribution in [0, 0.1) is 0 Å². The molecule has 2 aromatic heterocycles. The molecule has 2 heterocycles. The summed E-state index contributed by atoms with van der Waals surface area (Å²) in [5.41, 5.74) is 1.16. The third-order valence-corrected chi connectivity index (χ3v) is 2.40. The highest BCUT2D eigenvalue weighted by molar-refractivity contribution is 5.17. The third kappa shape index (κ3) is 3.53. The van der Waals surface area contributed by atoms with E-state index < -0.39 is 0 Å². The molecule has 0 spiro atoms. The van der Waals surface area contributed by atoms with E-state index in [1.807, 2.05) is 12.4 Å². The standard InChI is InChI=1S/C11H16N6/c1-2-17-8-10(7-15-17)6-12-5-3-4-11-13-9-14-16-11/h2,7-9,12H,1,3-6H2,(H,13,14,16). The number of H-pyrrole nitrogens is 1. The number of aromatic amines is 1. The van der Waals surface area contributed by atoms with Crippen molar-refractivity contribution in [2.45, 2.75) is 19.4 Å². The fourth-order valence-electron chi connectivity index (χ4n) is 1.53. The second-order valence-electron chi connectivity index (χ2n) is 3.72. The molecule has 0 bridgehead atoms. The van der Waals surface area contributed by atoms with Crippen LogP contribution in [0.3, 0.4) is 0 Å². The quantitative estimate of drug-likeness (QED) is 0.693. The van der Waals surface area contributed by atoms with Gasteiger partial charge < -0.3 is 5.32 Å². The summed E-state index contributed by atoms with van der Waals surface area (Å²) in [7, 11) is 0. The minimum Gasteiger partial charge on any atom is -0.313 e. The van der Waals surface area contributed by atoms with Crippen LogP contribution >= 0.6 is 0 Å². The van der Waals surface area contributed by atoms with E-state index in [0.717, 1.165) is 37.3 Å². The maximum absolute atomic E-state index is 4.11. The zero-order chi connectivity index (χ0) is 11.9. The van der Waals surface area contributed by atoms with Crippen molar-refractivity contribution in [3.63, 3.8) is 0 Å². The first-order valence-electron chi connectivity index (χ1n) is 5.59. The zero-order valence-corrected chi connectivity index (χ0v) is 9.63. The lowest BCUT2D eigenvalue weighted by Gasteiger charge is -2.01. The minimum absolute atomic E-state index is 0.824. The summed E-state index contributed by atoms with van der Waals surface area (Å²) in [6, 6.07) is 0. The molecule has 0 aliphatic carbocycles. The number of rotatable bonds is 7. The molecule has 0 aliphatic rings. The molecule has 6 nitrogen and oxygen atoms in total. The Morgan fingerprint density at radius 1 is 1.53 bits per heavy atom. The molecule has 2 aromatic rings. The van der Waals surface area contributed by atoms with E-state index in [0.29, 0.717) is 0 Å². The van der Waals surface area contributed by atoms with E-state index in [-0.39, 0.29) is 0 Å². The van der Waals surface area contributed by atoms with E-state index in [1.165, 1.54) is 6.33 Å². The highest BCUT2D eigenvalue weighted by Crippen LogP contribution is 1.97. The Balaban J connectivity index is 1.61. The fourth-order valence-corrected chi connectivity index (χ4v) is 1.53. The van der Waals surface area contributed by atoms with Gasteiger partial charge in [0, 0.05) is 30.9 Å². The fraction of sp³-hybridized carbons (Fsp3) is 0.364. The topological polar surface area (TPSA) is 71.4 Å². The summed E-state index contributed by atoms with van der Waals surface area (Å²) in [4.78, 5) is 4.07. The summed E-state index contributed by atoms with van der Waals surface area (Å²) in [6.07, 6.45) is 8.95. The predicted octanol–water partition coefficient (Wildman–Crippen LogP) is 0.824. The molecule has 0 unspecified atom stereocenters. The van der Waals surface area contributed by atoms with Crippen LogP contribution in [0.5, 0.6) is 0 Å². The van der Waals surface area contributed by atoms with Crippen molar-refractivity contribution in [3.05, 3.63) is 36.7 Å². The molecule has 17 heavy (non-hydrogen) atoms. The average molecular weight is 232 g/mol. The van der Waals surface area contributed by atoms with Crippen molar-refractivity contribution in [1.29, 1.82) is 0 Å². The monoisotopic (exact) mass is 232 g/mol. The van der Waals surface area contributed by atoms with E-state index in [4.69, 9.17) is 0 Å². The largest absolute Gasteiger partial charge is 0.313 e. The molecule has 0 aromatic carbocycles. The van der Waals surface area contributed by atoms with Gasteiger partial charge in [-0.3, -0.25) is 5.10 Å². The van der Waals surface area contributed by atoms with Gasteiger partial charge in [-0.25, -0.2) is 9.67 Å². The van der Waals surface area contributed by atoms with Crippen LogP contribution in [0.4, 0.5) is 0 Å². The predicted molar refractivity (Wildman–Crippen MR) is 65.0 cm³/mol. The SMILES string of the molecule is C=Cn1cc(CNCCCc2ncn[nH]2)cn1. The molecule has 2 N–H and O–H groups in total. The van der Waals surface area contributed by atoms with Gasteiger partial charge in [0.2, 0.25) is 0 Å². The lowest BCUT2D eigenvalue weighted by Crippen LogP contribution is -2.15. The molecule has 0 atom stereocenters. The molecule has 0 saturated heterocycles. The molecule has 90 valence electrons. The van der Waals surface area contributed by atoms with Crippen LogP contribution in [-0.4, -0.2) is 31.5 Å². The van der Waals surface area contributed by atoms with Crippen LogP contribution in [0.25, 0.3) is 6.20 Å². The van der Waals surface area contributed by atoms with Gasteiger partial charge in [0.25, 0.3) is 0 Å². The van der Waals surface area contributed by atoms with Gasteiger partial charge in [0.15, 0.2) is 0 Å². The van der Waals surface area contributed by atoms with Gasteiger partial charge in [-0.2, -0.15) is 10.2 Å². The number of nitrogens with one attached hydrogen (secondary N) is 2. The van der Waals surface area contributed by atoms with Crippen molar-refractivity contribution in [2.24, 2.45) is 0 Å². The summed E-state index contributed by atoms with van der Waals surface area (Å²) < 4.78 is 1.70. The van der Waals surface area contributed by atoms with Gasteiger partial charge in [-0.05, 0) is 13.0 Å². The molecule has 2 rings (SSSR count). The second kappa shape index (κ2) is 5.95. The number of hydrogen-bond acceptors (Lipinski definition) is 4. The molecule has 0 aliphatic heterocycles. The van der Waals surface area contributed by atoms with Crippen molar-refractivity contribution >= 4 is 6.20 Å². The Labute approximate surface area is 99.8 Å². The van der Waals surface area contributed by atoms with E-state index in [2.05, 4.69) is 32.2 Å². The highest BCUT2D eigenvalue weighted by atomic mass is 15.2. The first-order valence-corrected chi connectivity index (χ1v) is 5.59. The molecule has 0 amide bonds. The smallest absolute Gasteiger partial charge is 0.137 e. The normalized spacial score (nSPS) is 10.6. The Bertz CT molecular complexity index is 444. The molecular weight excluding hydrogens is 216 g/mol. The minimum atomic E-state index is 0.824. The maximum Gasteiger partial charge on any atom is 0.137 e. The van der Waals surface area contributed by atoms with Crippen molar-refractivity contribution < 1.29 is 0 Å². The average Bonchev–Trinajstić information content (AvgIpc) is 2.99. The first kappa shape index (κ1) is 11.5. The van der Waals surface area contributed by atoms with Crippen LogP contribution < -0.4 is 5.32 Å². The Morgan fingerprint density at radius 3 is 3.18 bits per heavy atom. The molecule has 0 fully saturated rings. The maximum atomic E-state index is 4.11. The molecule has 0 saturated carbocycles. The summed E-state index contributed by atoms with van der Waals surface area (Å²) in [6.45, 7) is 5.41. The summed E-state index contributed by atoms with van der Waals surface area (Å²) in [5.74, 6) is 0.936. The van der Waals surface area contributed by atoms with Gasteiger partial charge >= 0.3 is 0 Å². The van der Waals surface area contributed by atoms with Crippen LogP contribution in [-0.2, 0) is 13.0 Å². The van der Waals surface area contributed by atoms with Crippen molar-refractivity contribution in [3.8, 4) is 0 Å². The number of aryl methyl sites for hydroxylation is 1. The number of hydrogen-bond donors (Lipinski definition) is 2. The van der Waals surface area contributed by atoms with Gasteiger partial charge in [-0.1, -0.05) is 6.58 Å². The summed E-state index contributed by atoms with van der Waals surface area (Å²) >= 11 is 0. The Hall–Kier alpha value is -1.95. The number of nitrogens with zero attached hydrogens (tertiary/aromatic N) is 4. The number of aromatic nitrogens is 5. The third-order valence-electron chi connectivity index (χ3n) is 2.40. The zero-order valence-electron chi connectivity index (χ0n) is 9.63. The van der Waals surface area contributed by atoms with Gasteiger partial charge in [0.1, 0.15) is 12.2 Å². The summed E-state index contributed by atoms with van der Waals surface area (Å²) in [5, 5.41) is 14.1. The Morgan fingerprint density at radius 2 is 2.47 bits per heavy atom. The lowest BCUT2D eigenvalue weighted by molar-refractivity contribution is 0.639. The Kier molecular flexibility index (Phi) is 4.04. The van der Waals surface area contributed by atoms with Crippen LogP contribution in [0.15, 0.2) is 25.3 Å². The van der Waals surface area contributed by atoms with Crippen molar-refractivity contribution in [2.75, 3.05) is 6.54 Å². The van der Waals surface area contributed by atoms with Gasteiger partial charge in [-0.15, -0.1) is 0 Å². The first-order chi connectivity index (χ1) is 8.38. The van der Waals surface area contributed by atoms with Crippen molar-refractivity contribution in [1.82, 2.24) is 30.3 Å². The van der Waals surface area contributed by atoms with Gasteiger partial charge in [0.05, 0.1) is 6.20 Å². The lowest BCUT2D eigenvalue weighted by atomic mass is 10.3. The van der Waals surface area contributed by atoms with E-state index >= 15 is 0 Å².